The predicted molar refractivity (Wildman–Crippen MR) is 142 cm³/mol. The molecule has 14 heteroatoms. The first-order valence-corrected chi connectivity index (χ1v) is 12.7. The number of hydrogen-bond acceptors (Lipinski definition) is 6. The van der Waals surface area contributed by atoms with Crippen LogP contribution in [0, 0.1) is 18.6 Å². The average molecular weight is 576 g/mol. The number of fused-ring (bicyclic) bond motifs is 1. The highest BCUT2D eigenvalue weighted by molar-refractivity contribution is 6.00. The number of nitrogens with zero attached hydrogens (tertiary/aromatic N) is 4. The molecule has 2 amide bonds. The SMILES string of the molecule is Cc1c(-c2ccc(NC(=O)Nc3cc(C(F)(F)F)ccc3F)c(F)c2)c2c(N)ncnn2c1CN1CCCOCC1. The van der Waals surface area contributed by atoms with E-state index in [9.17, 15) is 22.4 Å². The van der Waals surface area contributed by atoms with Crippen LogP contribution in [-0.4, -0.2) is 51.8 Å². The second-order valence-electron chi connectivity index (χ2n) is 9.56. The maximum atomic E-state index is 15.2. The van der Waals surface area contributed by atoms with Crippen molar-refractivity contribution in [2.45, 2.75) is 26.1 Å². The molecule has 1 aliphatic rings. The van der Waals surface area contributed by atoms with Crippen LogP contribution in [0.5, 0.6) is 0 Å². The number of carbonyl (C=O) groups is 1. The van der Waals surface area contributed by atoms with E-state index in [1.807, 2.05) is 12.2 Å². The summed E-state index contributed by atoms with van der Waals surface area (Å²) in [7, 11) is 0. The molecule has 4 aromatic rings. The number of benzene rings is 2. The van der Waals surface area contributed by atoms with Gasteiger partial charge in [0.15, 0.2) is 5.82 Å². The summed E-state index contributed by atoms with van der Waals surface area (Å²) in [6.07, 6.45) is -2.50. The van der Waals surface area contributed by atoms with Crippen molar-refractivity contribution >= 4 is 28.7 Å². The Morgan fingerprint density at radius 2 is 1.83 bits per heavy atom. The highest BCUT2D eigenvalue weighted by Gasteiger charge is 2.31. The summed E-state index contributed by atoms with van der Waals surface area (Å²) in [5, 5.41) is 8.59. The van der Waals surface area contributed by atoms with Gasteiger partial charge < -0.3 is 21.1 Å². The molecule has 41 heavy (non-hydrogen) atoms. The Hall–Kier alpha value is -4.30. The lowest BCUT2D eigenvalue weighted by atomic mass is 10.0. The molecule has 1 aliphatic heterocycles. The molecule has 2 aromatic carbocycles. The summed E-state index contributed by atoms with van der Waals surface area (Å²) in [4.78, 5) is 18.8. The van der Waals surface area contributed by atoms with Gasteiger partial charge >= 0.3 is 12.2 Å². The highest BCUT2D eigenvalue weighted by Crippen LogP contribution is 2.37. The second kappa shape index (κ2) is 11.3. The molecule has 0 atom stereocenters. The fourth-order valence-electron chi connectivity index (χ4n) is 4.84. The minimum Gasteiger partial charge on any atom is -0.382 e. The number of alkyl halides is 3. The van der Waals surface area contributed by atoms with Crippen molar-refractivity contribution in [3.8, 4) is 11.1 Å². The lowest BCUT2D eigenvalue weighted by Gasteiger charge is -2.19. The third-order valence-corrected chi connectivity index (χ3v) is 6.85. The first-order valence-electron chi connectivity index (χ1n) is 12.7. The van der Waals surface area contributed by atoms with E-state index in [0.29, 0.717) is 54.6 Å². The minimum atomic E-state index is -4.74. The molecule has 9 nitrogen and oxygen atoms in total. The summed E-state index contributed by atoms with van der Waals surface area (Å²) in [6.45, 7) is 5.32. The Morgan fingerprint density at radius 1 is 1.05 bits per heavy atom. The number of carbonyl (C=O) groups excluding carboxylic acids is 1. The molecule has 5 rings (SSSR count). The standard InChI is InChI=1S/C27H26F5N7O2/c1-15-22(13-38-7-2-9-41-10-8-38)39-24(25(33)34-14-35-39)23(15)16-3-6-20(19(29)11-16)36-26(40)37-21-12-17(27(30,31)32)4-5-18(21)28/h3-6,11-12,14H,2,7-10,13H2,1H3,(H2,33,34,35)(H2,36,37,40). The zero-order valence-electron chi connectivity index (χ0n) is 21.9. The van der Waals surface area contributed by atoms with E-state index in [1.54, 1.807) is 10.6 Å². The van der Waals surface area contributed by atoms with E-state index >= 15 is 4.39 Å². The number of anilines is 3. The smallest absolute Gasteiger partial charge is 0.382 e. The molecule has 0 aliphatic carbocycles. The van der Waals surface area contributed by atoms with Gasteiger partial charge in [0.2, 0.25) is 0 Å². The maximum Gasteiger partial charge on any atom is 0.416 e. The number of urea groups is 1. The van der Waals surface area contributed by atoms with Gasteiger partial charge in [-0.25, -0.2) is 23.1 Å². The van der Waals surface area contributed by atoms with E-state index in [1.165, 1.54) is 18.5 Å². The molecule has 0 saturated carbocycles. The number of nitrogen functional groups attached to an aromatic ring is 1. The van der Waals surface area contributed by atoms with Gasteiger partial charge in [-0.2, -0.15) is 18.3 Å². The Balaban J connectivity index is 1.42. The lowest BCUT2D eigenvalue weighted by molar-refractivity contribution is -0.137. The van der Waals surface area contributed by atoms with Gasteiger partial charge in [-0.1, -0.05) is 6.07 Å². The van der Waals surface area contributed by atoms with E-state index in [4.69, 9.17) is 10.5 Å². The number of nitrogens with one attached hydrogen (secondary N) is 2. The molecule has 2 aromatic heterocycles. The van der Waals surface area contributed by atoms with Crippen LogP contribution in [0.15, 0.2) is 42.7 Å². The first kappa shape index (κ1) is 28.2. The first-order chi connectivity index (χ1) is 19.5. The van der Waals surface area contributed by atoms with E-state index in [0.717, 1.165) is 30.8 Å². The van der Waals surface area contributed by atoms with Crippen molar-refractivity contribution in [1.82, 2.24) is 19.5 Å². The largest absolute Gasteiger partial charge is 0.416 e. The van der Waals surface area contributed by atoms with Crippen molar-refractivity contribution in [2.75, 3.05) is 42.7 Å². The lowest BCUT2D eigenvalue weighted by Crippen LogP contribution is -2.27. The molecular formula is C27H26F5N7O2. The van der Waals surface area contributed by atoms with Gasteiger partial charge in [0.05, 0.1) is 29.2 Å². The van der Waals surface area contributed by atoms with Crippen molar-refractivity contribution in [1.29, 1.82) is 0 Å². The number of amides is 2. The molecule has 0 bridgehead atoms. The molecule has 0 unspecified atom stereocenters. The Labute approximate surface area is 231 Å². The second-order valence-corrected chi connectivity index (χ2v) is 9.56. The molecule has 216 valence electrons. The molecule has 1 saturated heterocycles. The van der Waals surface area contributed by atoms with Crippen LogP contribution in [-0.2, 0) is 17.5 Å². The zero-order chi connectivity index (χ0) is 29.3. The summed E-state index contributed by atoms with van der Waals surface area (Å²) in [6, 6.07) is 4.51. The molecule has 0 spiro atoms. The summed E-state index contributed by atoms with van der Waals surface area (Å²) in [5.74, 6) is -1.71. The number of aromatic nitrogens is 3. The van der Waals surface area contributed by atoms with Gasteiger partial charge in [0.25, 0.3) is 0 Å². The summed E-state index contributed by atoms with van der Waals surface area (Å²) < 4.78 is 75.4. The van der Waals surface area contributed by atoms with Gasteiger partial charge in [0.1, 0.15) is 23.5 Å². The third-order valence-electron chi connectivity index (χ3n) is 6.85. The summed E-state index contributed by atoms with van der Waals surface area (Å²) in [5.41, 5.74) is 7.35. The number of rotatable bonds is 5. The van der Waals surface area contributed by atoms with Crippen molar-refractivity contribution in [3.63, 3.8) is 0 Å². The van der Waals surface area contributed by atoms with E-state index < -0.39 is 35.1 Å². The topological polar surface area (TPSA) is 110 Å². The fourth-order valence-corrected chi connectivity index (χ4v) is 4.84. The van der Waals surface area contributed by atoms with Crippen LogP contribution in [0.3, 0.4) is 0 Å². The Kier molecular flexibility index (Phi) is 7.78. The van der Waals surface area contributed by atoms with Crippen molar-refractivity contribution in [3.05, 3.63) is 71.2 Å². The zero-order valence-corrected chi connectivity index (χ0v) is 21.9. The van der Waals surface area contributed by atoms with Crippen LogP contribution in [0.1, 0.15) is 23.2 Å². The summed E-state index contributed by atoms with van der Waals surface area (Å²) >= 11 is 0. The number of halogens is 5. The fraction of sp³-hybridized carbons (Fsp3) is 0.296. The molecular weight excluding hydrogens is 549 g/mol. The number of ether oxygens (including phenoxy) is 1. The van der Waals surface area contributed by atoms with E-state index in [-0.39, 0.29) is 11.5 Å². The number of nitrogens with two attached hydrogens (primary N) is 1. The normalized spacial score (nSPS) is 14.7. The predicted octanol–water partition coefficient (Wildman–Crippen LogP) is 5.45. The molecule has 4 N–H and O–H groups in total. The van der Waals surface area contributed by atoms with Crippen LogP contribution in [0.25, 0.3) is 16.6 Å². The van der Waals surface area contributed by atoms with Gasteiger partial charge in [-0.05, 0) is 54.8 Å². The van der Waals surface area contributed by atoms with E-state index in [2.05, 4.69) is 20.3 Å². The molecule has 3 heterocycles. The third kappa shape index (κ3) is 5.93. The van der Waals surface area contributed by atoms with Crippen molar-refractivity contribution in [2.24, 2.45) is 0 Å². The van der Waals surface area contributed by atoms with Crippen LogP contribution in [0.2, 0.25) is 0 Å². The van der Waals surface area contributed by atoms with Gasteiger partial charge in [-0.3, -0.25) is 4.90 Å². The minimum absolute atomic E-state index is 0.202. The van der Waals surface area contributed by atoms with Crippen LogP contribution >= 0.6 is 0 Å². The molecule has 0 radical (unpaired) electrons. The van der Waals surface area contributed by atoms with Crippen LogP contribution < -0.4 is 16.4 Å². The Morgan fingerprint density at radius 3 is 2.59 bits per heavy atom. The monoisotopic (exact) mass is 575 g/mol. The quantitative estimate of drug-likeness (QED) is 0.273. The van der Waals surface area contributed by atoms with Crippen LogP contribution in [0.4, 0.5) is 43.9 Å². The average Bonchev–Trinajstić information content (AvgIpc) is 3.05. The van der Waals surface area contributed by atoms with Gasteiger partial charge in [-0.15, -0.1) is 0 Å². The highest BCUT2D eigenvalue weighted by atomic mass is 19.4. The van der Waals surface area contributed by atoms with Crippen molar-refractivity contribution < 1.29 is 31.5 Å². The maximum absolute atomic E-state index is 15.2. The number of hydrogen-bond donors (Lipinski definition) is 3. The Bertz CT molecular complexity index is 1600. The van der Waals surface area contributed by atoms with Gasteiger partial charge in [0, 0.05) is 31.8 Å². The molecule has 1 fully saturated rings.